The molecular formula is C12H11ClN4O. The van der Waals surface area contributed by atoms with Gasteiger partial charge in [0.25, 0.3) is 0 Å². The number of nitrogens with one attached hydrogen (secondary N) is 3. The molecule has 1 aromatic heterocycles. The molecule has 5 nitrogen and oxygen atoms in total. The van der Waals surface area contributed by atoms with E-state index in [0.717, 1.165) is 0 Å². The molecule has 2 aromatic rings. The lowest BCUT2D eigenvalue weighted by atomic mass is 10.3. The van der Waals surface area contributed by atoms with Gasteiger partial charge in [0, 0.05) is 16.9 Å². The van der Waals surface area contributed by atoms with Crippen LogP contribution in [0.3, 0.4) is 0 Å². The molecule has 6 heteroatoms. The molecule has 0 aliphatic heterocycles. The Morgan fingerprint density at radius 3 is 2.78 bits per heavy atom. The van der Waals surface area contributed by atoms with Gasteiger partial charge in [-0.05, 0) is 30.3 Å². The average molecular weight is 263 g/mol. The van der Waals surface area contributed by atoms with Gasteiger partial charge in [-0.15, -0.1) is 0 Å². The summed E-state index contributed by atoms with van der Waals surface area (Å²) in [4.78, 5) is 15.5. The third-order valence-corrected chi connectivity index (χ3v) is 2.29. The van der Waals surface area contributed by atoms with Crippen molar-refractivity contribution < 1.29 is 4.79 Å². The molecule has 0 unspecified atom stereocenters. The minimum atomic E-state index is -0.400. The smallest absolute Gasteiger partial charge is 0.307 e. The second-order valence-corrected chi connectivity index (χ2v) is 3.87. The summed E-state index contributed by atoms with van der Waals surface area (Å²) in [6.07, 6.45) is 1.62. The van der Waals surface area contributed by atoms with Crippen LogP contribution >= 0.6 is 11.6 Å². The zero-order valence-corrected chi connectivity index (χ0v) is 10.1. The third-order valence-electron chi connectivity index (χ3n) is 2.05. The van der Waals surface area contributed by atoms with Gasteiger partial charge in [-0.2, -0.15) is 0 Å². The summed E-state index contributed by atoms with van der Waals surface area (Å²) in [6.45, 7) is 0. The fourth-order valence-corrected chi connectivity index (χ4v) is 1.48. The molecule has 0 fully saturated rings. The van der Waals surface area contributed by atoms with Crippen LogP contribution in [-0.4, -0.2) is 11.0 Å². The number of aromatic nitrogens is 1. The van der Waals surface area contributed by atoms with Gasteiger partial charge in [-0.1, -0.05) is 23.7 Å². The number of amides is 2. The first-order valence-corrected chi connectivity index (χ1v) is 5.61. The van der Waals surface area contributed by atoms with E-state index in [1.165, 1.54) is 0 Å². The van der Waals surface area contributed by atoms with Crippen molar-refractivity contribution in [3.8, 4) is 0 Å². The van der Waals surface area contributed by atoms with Crippen molar-refractivity contribution in [2.75, 3.05) is 10.7 Å². The summed E-state index contributed by atoms with van der Waals surface area (Å²) >= 11 is 5.80. The molecule has 0 radical (unpaired) electrons. The van der Waals surface area contributed by atoms with Crippen LogP contribution in [-0.2, 0) is 0 Å². The van der Waals surface area contributed by atoms with Crippen LogP contribution in [0.5, 0.6) is 0 Å². The van der Waals surface area contributed by atoms with Gasteiger partial charge in [0.15, 0.2) is 0 Å². The summed E-state index contributed by atoms with van der Waals surface area (Å²) < 4.78 is 0. The first kappa shape index (κ1) is 12.2. The number of urea groups is 1. The predicted molar refractivity (Wildman–Crippen MR) is 71.5 cm³/mol. The lowest BCUT2D eigenvalue weighted by molar-refractivity contribution is 0.254. The Bertz CT molecular complexity index is 533. The third kappa shape index (κ3) is 3.64. The van der Waals surface area contributed by atoms with Gasteiger partial charge in [-0.25, -0.2) is 9.78 Å². The van der Waals surface area contributed by atoms with E-state index in [2.05, 4.69) is 21.2 Å². The van der Waals surface area contributed by atoms with Crippen LogP contribution in [0.2, 0.25) is 5.02 Å². The normalized spacial score (nSPS) is 9.61. The highest BCUT2D eigenvalue weighted by atomic mass is 35.5. The molecule has 0 aliphatic rings. The maximum Gasteiger partial charge on any atom is 0.337 e. The molecule has 0 bridgehead atoms. The van der Waals surface area contributed by atoms with Crippen molar-refractivity contribution in [1.29, 1.82) is 0 Å². The van der Waals surface area contributed by atoms with E-state index in [1.807, 2.05) is 6.07 Å². The van der Waals surface area contributed by atoms with Gasteiger partial charge in [0.05, 0.1) is 0 Å². The van der Waals surface area contributed by atoms with Gasteiger partial charge in [0.1, 0.15) is 5.82 Å². The fourth-order valence-electron chi connectivity index (χ4n) is 1.29. The first-order chi connectivity index (χ1) is 8.74. The van der Waals surface area contributed by atoms with Crippen molar-refractivity contribution >= 4 is 29.1 Å². The Kier molecular flexibility index (Phi) is 3.98. The fraction of sp³-hybridized carbons (Fsp3) is 0. The van der Waals surface area contributed by atoms with Crippen molar-refractivity contribution in [2.24, 2.45) is 0 Å². The molecule has 1 aromatic carbocycles. The molecule has 0 atom stereocenters. The number of hydrazine groups is 1. The van der Waals surface area contributed by atoms with Gasteiger partial charge in [0.2, 0.25) is 0 Å². The summed E-state index contributed by atoms with van der Waals surface area (Å²) in [5.41, 5.74) is 5.75. The highest BCUT2D eigenvalue weighted by Gasteiger charge is 2.01. The van der Waals surface area contributed by atoms with Crippen LogP contribution in [0.1, 0.15) is 0 Å². The largest absolute Gasteiger partial charge is 0.337 e. The van der Waals surface area contributed by atoms with Gasteiger partial charge < -0.3 is 5.32 Å². The van der Waals surface area contributed by atoms with E-state index in [0.29, 0.717) is 16.5 Å². The number of rotatable bonds is 3. The lowest BCUT2D eigenvalue weighted by Gasteiger charge is -2.09. The zero-order chi connectivity index (χ0) is 12.8. The molecule has 3 N–H and O–H groups in total. The first-order valence-electron chi connectivity index (χ1n) is 5.23. The Balaban J connectivity index is 1.86. The minimum Gasteiger partial charge on any atom is -0.307 e. The highest BCUT2D eigenvalue weighted by molar-refractivity contribution is 6.30. The number of nitrogens with zero attached hydrogens (tertiary/aromatic N) is 1. The topological polar surface area (TPSA) is 66.0 Å². The molecule has 0 saturated carbocycles. The number of halogens is 1. The summed E-state index contributed by atoms with van der Waals surface area (Å²) in [6, 6.07) is 11.8. The molecule has 0 spiro atoms. The number of anilines is 2. The number of carbonyl (C=O) groups excluding carboxylic acids is 1. The Labute approximate surface area is 109 Å². The molecule has 92 valence electrons. The summed E-state index contributed by atoms with van der Waals surface area (Å²) in [7, 11) is 0. The quantitative estimate of drug-likeness (QED) is 0.745. The maximum absolute atomic E-state index is 11.5. The number of hydrogen-bond acceptors (Lipinski definition) is 3. The monoisotopic (exact) mass is 262 g/mol. The highest BCUT2D eigenvalue weighted by Crippen LogP contribution is 2.14. The molecule has 1 heterocycles. The van der Waals surface area contributed by atoms with Gasteiger partial charge >= 0.3 is 6.03 Å². The van der Waals surface area contributed by atoms with Crippen LogP contribution in [0.15, 0.2) is 48.7 Å². The van der Waals surface area contributed by atoms with Crippen molar-refractivity contribution in [3.05, 3.63) is 53.7 Å². The maximum atomic E-state index is 11.5. The number of hydrogen-bond donors (Lipinski definition) is 3. The number of carbonyl (C=O) groups is 1. The molecule has 0 saturated heterocycles. The summed E-state index contributed by atoms with van der Waals surface area (Å²) in [5, 5.41) is 3.19. The van der Waals surface area contributed by atoms with Crippen LogP contribution in [0, 0.1) is 0 Å². The standard InChI is InChI=1S/C12H11ClN4O/c13-9-4-3-5-10(8-9)15-12(18)17-16-11-6-1-2-7-14-11/h1-8H,(H,14,16)(H2,15,17,18). The zero-order valence-electron chi connectivity index (χ0n) is 9.35. The molecule has 2 amide bonds. The van der Waals surface area contributed by atoms with Crippen molar-refractivity contribution in [3.63, 3.8) is 0 Å². The van der Waals surface area contributed by atoms with Gasteiger partial charge in [-0.3, -0.25) is 10.9 Å². The lowest BCUT2D eigenvalue weighted by Crippen LogP contribution is -2.33. The Morgan fingerprint density at radius 1 is 1.17 bits per heavy atom. The number of benzene rings is 1. The van der Waals surface area contributed by atoms with Crippen LogP contribution < -0.4 is 16.2 Å². The van der Waals surface area contributed by atoms with E-state index in [4.69, 9.17) is 11.6 Å². The van der Waals surface area contributed by atoms with E-state index in [1.54, 1.807) is 42.6 Å². The Hall–Kier alpha value is -2.27. The second-order valence-electron chi connectivity index (χ2n) is 3.43. The molecular weight excluding hydrogens is 252 g/mol. The van der Waals surface area contributed by atoms with E-state index in [9.17, 15) is 4.79 Å². The molecule has 0 aliphatic carbocycles. The molecule has 18 heavy (non-hydrogen) atoms. The summed E-state index contributed by atoms with van der Waals surface area (Å²) in [5.74, 6) is 0.554. The van der Waals surface area contributed by atoms with E-state index < -0.39 is 6.03 Å². The number of pyridine rings is 1. The molecule has 2 rings (SSSR count). The minimum absolute atomic E-state index is 0.400. The second kappa shape index (κ2) is 5.88. The Morgan fingerprint density at radius 2 is 2.06 bits per heavy atom. The average Bonchev–Trinajstić information content (AvgIpc) is 2.38. The predicted octanol–water partition coefficient (Wildman–Crippen LogP) is 2.88. The van der Waals surface area contributed by atoms with Crippen LogP contribution in [0.4, 0.5) is 16.3 Å². The van der Waals surface area contributed by atoms with E-state index >= 15 is 0 Å². The van der Waals surface area contributed by atoms with E-state index in [-0.39, 0.29) is 0 Å². The SMILES string of the molecule is O=C(NNc1ccccn1)Nc1cccc(Cl)c1. The van der Waals surface area contributed by atoms with Crippen LogP contribution in [0.25, 0.3) is 0 Å². The van der Waals surface area contributed by atoms with Crippen molar-refractivity contribution in [2.45, 2.75) is 0 Å². The van der Waals surface area contributed by atoms with Crippen molar-refractivity contribution in [1.82, 2.24) is 10.4 Å².